The number of nitrogens with zero attached hydrogens (tertiary/aromatic N) is 5. The van der Waals surface area contributed by atoms with Gasteiger partial charge in [0.25, 0.3) is 5.91 Å². The molecule has 188 valence electrons. The Hall–Kier alpha value is -4.28. The Bertz CT molecular complexity index is 1290. The number of benzene rings is 1. The van der Waals surface area contributed by atoms with Crippen molar-refractivity contribution in [2.24, 2.45) is 13.0 Å². The molecule has 1 saturated heterocycles. The molecule has 0 aliphatic carbocycles. The maximum absolute atomic E-state index is 13.8. The molecule has 0 spiro atoms. The average molecular weight is 494 g/mol. The number of likely N-dealkylation sites (N-methyl/N-ethyl adjacent to an activating group) is 1. The first-order valence-corrected chi connectivity index (χ1v) is 11.6. The summed E-state index contributed by atoms with van der Waals surface area (Å²) in [6, 6.07) is 8.64. The number of aryl methyl sites for hydroxylation is 1. The molecule has 3 aromatic rings. The van der Waals surface area contributed by atoms with Gasteiger partial charge in [-0.2, -0.15) is 5.10 Å². The molecular formula is C25H28FN7O3. The van der Waals surface area contributed by atoms with Crippen LogP contribution in [0.5, 0.6) is 0 Å². The van der Waals surface area contributed by atoms with E-state index in [9.17, 15) is 18.8 Å². The highest BCUT2D eigenvalue weighted by molar-refractivity contribution is 6.12. The van der Waals surface area contributed by atoms with E-state index >= 15 is 0 Å². The molecule has 1 aliphatic heterocycles. The van der Waals surface area contributed by atoms with E-state index in [-0.39, 0.29) is 6.42 Å². The van der Waals surface area contributed by atoms with Gasteiger partial charge in [0.1, 0.15) is 23.5 Å². The highest BCUT2D eigenvalue weighted by atomic mass is 19.1. The van der Waals surface area contributed by atoms with E-state index in [0.29, 0.717) is 23.6 Å². The van der Waals surface area contributed by atoms with Gasteiger partial charge in [0.05, 0.1) is 18.2 Å². The molecule has 4 rings (SSSR count). The number of nitrogens with one attached hydrogen (secondary N) is 1. The number of halogens is 1. The van der Waals surface area contributed by atoms with Gasteiger partial charge in [0.2, 0.25) is 5.91 Å². The van der Waals surface area contributed by atoms with Crippen molar-refractivity contribution in [2.45, 2.75) is 31.8 Å². The zero-order valence-corrected chi connectivity index (χ0v) is 20.3. The third-order valence-electron chi connectivity index (χ3n) is 6.41. The third-order valence-corrected chi connectivity index (χ3v) is 6.41. The smallest absolute Gasteiger partial charge is 0.325 e. The van der Waals surface area contributed by atoms with Crippen LogP contribution in [0.25, 0.3) is 0 Å². The summed E-state index contributed by atoms with van der Waals surface area (Å²) in [5.41, 5.74) is 7.08. The Labute approximate surface area is 207 Å². The standard InChI is InChI=1S/C25H28FN7O3/c1-4-19(16-6-5-7-17(26)14-16)30-25(36)33-22(24(35)31(2)21-9-11-29-32(21)3)18(23(33)34)12-15-8-10-28-20(27)13-15/h5-11,13-14,18-19,22H,4,12H2,1-3H3,(H2,27,28)(H,30,36)/t18-,19-,22+/m1/s1. The molecule has 11 heteroatoms. The molecule has 1 aromatic carbocycles. The molecule has 1 aliphatic rings. The molecule has 36 heavy (non-hydrogen) atoms. The summed E-state index contributed by atoms with van der Waals surface area (Å²) in [6.07, 6.45) is 3.76. The van der Waals surface area contributed by atoms with E-state index in [2.05, 4.69) is 15.4 Å². The lowest BCUT2D eigenvalue weighted by molar-refractivity contribution is -0.156. The van der Waals surface area contributed by atoms with Crippen LogP contribution >= 0.6 is 0 Å². The van der Waals surface area contributed by atoms with Gasteiger partial charge in [-0.15, -0.1) is 0 Å². The van der Waals surface area contributed by atoms with E-state index < -0.39 is 41.7 Å². The van der Waals surface area contributed by atoms with Crippen molar-refractivity contribution >= 4 is 29.5 Å². The Kier molecular flexibility index (Phi) is 7.00. The number of imide groups is 1. The summed E-state index contributed by atoms with van der Waals surface area (Å²) in [6.45, 7) is 1.84. The number of nitrogens with two attached hydrogens (primary N) is 1. The third kappa shape index (κ3) is 4.77. The van der Waals surface area contributed by atoms with Crippen LogP contribution in [0.1, 0.15) is 30.5 Å². The second-order valence-electron chi connectivity index (χ2n) is 8.73. The maximum atomic E-state index is 13.8. The fourth-order valence-electron chi connectivity index (χ4n) is 4.50. The number of likely N-dealkylation sites (tertiary alicyclic amines) is 1. The van der Waals surface area contributed by atoms with Crippen LogP contribution in [0.15, 0.2) is 54.9 Å². The summed E-state index contributed by atoms with van der Waals surface area (Å²) in [4.78, 5) is 46.4. The molecule has 0 unspecified atom stereocenters. The van der Waals surface area contributed by atoms with Crippen LogP contribution in [0.2, 0.25) is 0 Å². The van der Waals surface area contributed by atoms with E-state index in [0.717, 1.165) is 10.5 Å². The molecule has 3 N–H and O–H groups in total. The quantitative estimate of drug-likeness (QED) is 0.487. The summed E-state index contributed by atoms with van der Waals surface area (Å²) in [5.74, 6) is -1.30. The highest BCUT2D eigenvalue weighted by Gasteiger charge is 2.55. The summed E-state index contributed by atoms with van der Waals surface area (Å²) in [7, 11) is 3.26. The SMILES string of the molecule is CC[C@@H](NC(=O)N1C(=O)[C@H](Cc2ccnc(N)c2)[C@H]1C(=O)N(C)c1ccnn1C)c1cccc(F)c1. The van der Waals surface area contributed by atoms with Crippen molar-refractivity contribution in [3.05, 3.63) is 71.8 Å². The lowest BCUT2D eigenvalue weighted by atomic mass is 9.81. The number of β-lactam (4-membered cyclic amide) rings is 1. The predicted molar refractivity (Wildman–Crippen MR) is 131 cm³/mol. The van der Waals surface area contributed by atoms with Crippen LogP contribution in [0, 0.1) is 11.7 Å². The maximum Gasteiger partial charge on any atom is 0.325 e. The predicted octanol–water partition coefficient (Wildman–Crippen LogP) is 2.43. The number of amides is 4. The number of hydrogen-bond donors (Lipinski definition) is 2. The minimum absolute atomic E-state index is 0.214. The number of carbonyl (C=O) groups is 3. The Morgan fingerprint density at radius 2 is 2.00 bits per heavy atom. The molecule has 3 atom stereocenters. The van der Waals surface area contributed by atoms with Gasteiger partial charge in [0, 0.05) is 26.4 Å². The highest BCUT2D eigenvalue weighted by Crippen LogP contribution is 2.33. The molecule has 0 saturated carbocycles. The average Bonchev–Trinajstić information content (AvgIpc) is 3.28. The number of pyridine rings is 1. The normalized spacial score (nSPS) is 17.9. The monoisotopic (exact) mass is 493 g/mol. The number of nitrogen functional groups attached to an aromatic ring is 1. The Morgan fingerprint density at radius 3 is 2.64 bits per heavy atom. The fraction of sp³-hybridized carbons (Fsp3) is 0.320. The van der Waals surface area contributed by atoms with Crippen molar-refractivity contribution in [2.75, 3.05) is 17.7 Å². The van der Waals surface area contributed by atoms with Crippen molar-refractivity contribution in [3.8, 4) is 0 Å². The van der Waals surface area contributed by atoms with E-state index in [1.165, 1.54) is 27.9 Å². The van der Waals surface area contributed by atoms with Crippen LogP contribution in [0.3, 0.4) is 0 Å². The number of carbonyl (C=O) groups excluding carboxylic acids is 3. The fourth-order valence-corrected chi connectivity index (χ4v) is 4.50. The van der Waals surface area contributed by atoms with Crippen molar-refractivity contribution < 1.29 is 18.8 Å². The minimum atomic E-state index is -1.04. The zero-order valence-electron chi connectivity index (χ0n) is 20.3. The zero-order chi connectivity index (χ0) is 26.0. The summed E-state index contributed by atoms with van der Waals surface area (Å²) >= 11 is 0. The van der Waals surface area contributed by atoms with Crippen LogP contribution in [0.4, 0.5) is 20.8 Å². The first-order valence-electron chi connectivity index (χ1n) is 11.6. The molecule has 2 aromatic heterocycles. The number of anilines is 2. The number of urea groups is 1. The molecule has 10 nitrogen and oxygen atoms in total. The van der Waals surface area contributed by atoms with E-state index in [1.807, 2.05) is 6.92 Å². The van der Waals surface area contributed by atoms with Gasteiger partial charge in [-0.1, -0.05) is 19.1 Å². The molecule has 0 bridgehead atoms. The van der Waals surface area contributed by atoms with Crippen molar-refractivity contribution in [1.29, 1.82) is 0 Å². The lowest BCUT2D eigenvalue weighted by Crippen LogP contribution is -2.70. The second kappa shape index (κ2) is 10.1. The summed E-state index contributed by atoms with van der Waals surface area (Å²) < 4.78 is 15.3. The van der Waals surface area contributed by atoms with Gasteiger partial charge < -0.3 is 11.1 Å². The number of hydrogen-bond acceptors (Lipinski definition) is 6. The largest absolute Gasteiger partial charge is 0.384 e. The molecular weight excluding hydrogens is 465 g/mol. The van der Waals surface area contributed by atoms with Gasteiger partial charge in [0.15, 0.2) is 0 Å². The van der Waals surface area contributed by atoms with Gasteiger partial charge >= 0.3 is 6.03 Å². The topological polar surface area (TPSA) is 126 Å². The van der Waals surface area contributed by atoms with Crippen LogP contribution in [-0.2, 0) is 23.1 Å². The molecule has 3 heterocycles. The number of rotatable bonds is 7. The van der Waals surface area contributed by atoms with Crippen molar-refractivity contribution in [1.82, 2.24) is 25.0 Å². The summed E-state index contributed by atoms with van der Waals surface area (Å²) in [5, 5.41) is 6.88. The van der Waals surface area contributed by atoms with Crippen LogP contribution in [-0.4, -0.2) is 50.6 Å². The van der Waals surface area contributed by atoms with Gasteiger partial charge in [-0.05, 0) is 48.2 Å². The first-order chi connectivity index (χ1) is 17.2. The molecule has 1 fully saturated rings. The Balaban J connectivity index is 1.61. The second-order valence-corrected chi connectivity index (χ2v) is 8.73. The van der Waals surface area contributed by atoms with E-state index in [1.54, 1.807) is 50.6 Å². The molecule has 0 radical (unpaired) electrons. The lowest BCUT2D eigenvalue weighted by Gasteiger charge is -2.46. The Morgan fingerprint density at radius 1 is 1.22 bits per heavy atom. The molecule has 4 amide bonds. The number of aromatic nitrogens is 3. The van der Waals surface area contributed by atoms with Crippen molar-refractivity contribution in [3.63, 3.8) is 0 Å². The van der Waals surface area contributed by atoms with Gasteiger partial charge in [-0.25, -0.2) is 14.2 Å². The first kappa shape index (κ1) is 24.8. The minimum Gasteiger partial charge on any atom is -0.384 e. The van der Waals surface area contributed by atoms with Gasteiger partial charge in [-0.3, -0.25) is 24.1 Å². The van der Waals surface area contributed by atoms with E-state index in [4.69, 9.17) is 5.73 Å². The van der Waals surface area contributed by atoms with Crippen LogP contribution < -0.4 is 16.0 Å².